The van der Waals surface area contributed by atoms with E-state index in [-0.39, 0.29) is 36.9 Å². The largest absolute Gasteiger partial charge is 0.305 e. The molecule has 0 aliphatic heterocycles. The van der Waals surface area contributed by atoms with Crippen LogP contribution in [0.25, 0.3) is 38.5 Å². The third-order valence-electron chi connectivity index (χ3n) is 5.50. The molecule has 0 N–H and O–H groups in total. The molecule has 183 valence electrons. The molecule has 1 radical (unpaired) electrons. The Morgan fingerprint density at radius 1 is 0.842 bits per heavy atom. The van der Waals surface area contributed by atoms with Crippen molar-refractivity contribution in [2.24, 2.45) is 0 Å². The van der Waals surface area contributed by atoms with Crippen LogP contribution in [0.4, 0.5) is 5.69 Å². The first-order valence-corrected chi connectivity index (χ1v) is 11.3. The molecule has 0 atom stereocenters. The van der Waals surface area contributed by atoms with Crippen LogP contribution < -0.4 is 0 Å². The van der Waals surface area contributed by atoms with E-state index in [0.29, 0.717) is 11.3 Å². The minimum absolute atomic E-state index is 0. The van der Waals surface area contributed by atoms with Gasteiger partial charge in [-0.15, -0.1) is 53.6 Å². The second kappa shape index (κ2) is 13.4. The fourth-order valence-corrected chi connectivity index (χ4v) is 3.67. The van der Waals surface area contributed by atoms with Gasteiger partial charge in [-0.1, -0.05) is 48.5 Å². The second-order valence-electron chi connectivity index (χ2n) is 7.90. The van der Waals surface area contributed by atoms with Gasteiger partial charge < -0.3 is 4.98 Å². The summed E-state index contributed by atoms with van der Waals surface area (Å²) in [5.41, 5.74) is 6.50. The molecule has 5 rings (SSSR count). The Morgan fingerprint density at radius 2 is 1.61 bits per heavy atom. The summed E-state index contributed by atoms with van der Waals surface area (Å²) in [7, 11) is 0. The molecule has 0 unspecified atom stereocenters. The van der Waals surface area contributed by atoms with Crippen LogP contribution in [0.1, 0.15) is 16.7 Å². The number of rotatable bonds is 3. The first-order chi connectivity index (χ1) is 18.1. The van der Waals surface area contributed by atoms with Gasteiger partial charge in [0.2, 0.25) is 0 Å². The molecule has 0 spiro atoms. The zero-order chi connectivity index (χ0) is 26.0. The topological polar surface area (TPSA) is 77.7 Å². The zero-order valence-electron chi connectivity index (χ0n) is 20.3. The van der Waals surface area contributed by atoms with Gasteiger partial charge in [-0.25, -0.2) is 10.5 Å². The number of aryl methyl sites for hydroxylation is 1. The number of pyridine rings is 2. The SMILES string of the molecule is [C-]#[N+]c1cc(-c2cc(-c3ccccc3)c(C)cn2)[c-]c(C#N)c1C#N.[Ir].[c-]1ccccc1-c1ccccn1. The van der Waals surface area contributed by atoms with E-state index < -0.39 is 0 Å². The Bertz CT molecular complexity index is 1570. The fourth-order valence-electron chi connectivity index (χ4n) is 3.67. The predicted molar refractivity (Wildman–Crippen MR) is 143 cm³/mol. The number of hydrogen-bond acceptors (Lipinski definition) is 4. The summed E-state index contributed by atoms with van der Waals surface area (Å²) in [6.45, 7) is 9.24. The van der Waals surface area contributed by atoms with E-state index in [0.717, 1.165) is 27.9 Å². The molecule has 0 aliphatic rings. The maximum atomic E-state index is 9.26. The molecule has 5 aromatic rings. The van der Waals surface area contributed by atoms with Crippen molar-refractivity contribution in [2.45, 2.75) is 6.92 Å². The van der Waals surface area contributed by atoms with Crippen LogP contribution in [0.2, 0.25) is 0 Å². The van der Waals surface area contributed by atoms with E-state index in [1.165, 1.54) is 0 Å². The van der Waals surface area contributed by atoms with Gasteiger partial charge in [0.05, 0.1) is 6.57 Å². The molecule has 0 saturated heterocycles. The average Bonchev–Trinajstić information content (AvgIpc) is 2.98. The van der Waals surface area contributed by atoms with Crippen LogP contribution in [-0.2, 0) is 20.1 Å². The molecule has 0 fully saturated rings. The number of nitriles is 2. The summed E-state index contributed by atoms with van der Waals surface area (Å²) in [5.74, 6) is 0. The molecule has 0 aliphatic carbocycles. The van der Waals surface area contributed by atoms with Crippen molar-refractivity contribution in [1.29, 1.82) is 10.5 Å². The van der Waals surface area contributed by atoms with E-state index in [9.17, 15) is 10.5 Å². The van der Waals surface area contributed by atoms with Gasteiger partial charge in [-0.05, 0) is 47.0 Å². The van der Waals surface area contributed by atoms with Crippen LogP contribution in [0, 0.1) is 48.3 Å². The van der Waals surface area contributed by atoms with Gasteiger partial charge in [0.25, 0.3) is 0 Å². The molecule has 3 aromatic carbocycles. The quantitative estimate of drug-likeness (QED) is 0.189. The third kappa shape index (κ3) is 6.44. The Kier molecular flexibility index (Phi) is 9.76. The molecule has 2 aromatic heterocycles. The molecule has 0 amide bonds. The number of aromatic nitrogens is 2. The van der Waals surface area contributed by atoms with E-state index in [2.05, 4.69) is 26.9 Å². The van der Waals surface area contributed by atoms with Crippen molar-refractivity contribution in [3.8, 4) is 45.8 Å². The van der Waals surface area contributed by atoms with Crippen molar-refractivity contribution in [1.82, 2.24) is 9.97 Å². The summed E-state index contributed by atoms with van der Waals surface area (Å²) in [6.07, 6.45) is 3.55. The Balaban J connectivity index is 0.000000258. The van der Waals surface area contributed by atoms with Crippen LogP contribution in [0.5, 0.6) is 0 Å². The summed E-state index contributed by atoms with van der Waals surface area (Å²) in [5, 5.41) is 18.4. The zero-order valence-corrected chi connectivity index (χ0v) is 22.7. The molecule has 5 nitrogen and oxygen atoms in total. The minimum atomic E-state index is 0. The fraction of sp³-hybridized carbons (Fsp3) is 0.0312. The van der Waals surface area contributed by atoms with Crippen LogP contribution in [-0.4, -0.2) is 9.97 Å². The average molecular weight is 666 g/mol. The number of benzene rings is 3. The van der Waals surface area contributed by atoms with Crippen molar-refractivity contribution in [3.05, 3.63) is 138 Å². The summed E-state index contributed by atoms with van der Waals surface area (Å²) in [6, 6.07) is 37.0. The molecular weight excluding hydrogens is 647 g/mol. The third-order valence-corrected chi connectivity index (χ3v) is 5.50. The first kappa shape index (κ1) is 27.7. The predicted octanol–water partition coefficient (Wildman–Crippen LogP) is 7.36. The molecule has 2 heterocycles. The van der Waals surface area contributed by atoms with Gasteiger partial charge in [-0.3, -0.25) is 9.83 Å². The van der Waals surface area contributed by atoms with Gasteiger partial charge in [0.15, 0.2) is 0 Å². The Morgan fingerprint density at radius 3 is 2.24 bits per heavy atom. The van der Waals surface area contributed by atoms with Gasteiger partial charge in [0.1, 0.15) is 5.69 Å². The van der Waals surface area contributed by atoms with E-state index >= 15 is 0 Å². The first-order valence-electron chi connectivity index (χ1n) is 11.3. The molecule has 0 bridgehead atoms. The molecule has 6 heteroatoms. The van der Waals surface area contributed by atoms with Crippen LogP contribution in [0.15, 0.2) is 97.3 Å². The Labute approximate surface area is 235 Å². The van der Waals surface area contributed by atoms with Gasteiger partial charge in [0, 0.05) is 49.8 Å². The van der Waals surface area contributed by atoms with Crippen molar-refractivity contribution in [3.63, 3.8) is 0 Å². The van der Waals surface area contributed by atoms with E-state index in [1.807, 2.05) is 97.9 Å². The summed E-state index contributed by atoms with van der Waals surface area (Å²) < 4.78 is 0. The van der Waals surface area contributed by atoms with Gasteiger partial charge >= 0.3 is 0 Å². The van der Waals surface area contributed by atoms with E-state index in [1.54, 1.807) is 18.5 Å². The maximum Gasteiger partial charge on any atom is 0.142 e. The molecule has 0 saturated carbocycles. The normalized spacial score (nSPS) is 9.42. The molecular formula is C32H19IrN5-2. The molecule has 38 heavy (non-hydrogen) atoms. The number of nitrogens with zero attached hydrogens (tertiary/aromatic N) is 5. The smallest absolute Gasteiger partial charge is 0.142 e. The van der Waals surface area contributed by atoms with Crippen molar-refractivity contribution >= 4 is 5.69 Å². The Hall–Kier alpha value is -4.92. The maximum absolute atomic E-state index is 9.26. The van der Waals surface area contributed by atoms with E-state index in [4.69, 9.17) is 6.57 Å². The summed E-state index contributed by atoms with van der Waals surface area (Å²) >= 11 is 0. The standard InChI is InChI=1S/C21H11N4.C11H8N.Ir/c1-14-13-25-20(10-18(14)15-6-4-3-5-7-15)16-8-17(11-22)19(12-23)21(9-16)24-2;1-2-6-10(7-3-1)11-8-4-5-9-12-11;/h3-7,9-10,13H,1H3;1-6,8-9H;/q2*-1;. The van der Waals surface area contributed by atoms with Crippen LogP contribution >= 0.6 is 0 Å². The monoisotopic (exact) mass is 666 g/mol. The van der Waals surface area contributed by atoms with Crippen molar-refractivity contribution < 1.29 is 20.1 Å². The summed E-state index contributed by atoms with van der Waals surface area (Å²) in [4.78, 5) is 12.0. The van der Waals surface area contributed by atoms with Gasteiger partial charge in [-0.2, -0.15) is 0 Å². The minimum Gasteiger partial charge on any atom is -0.305 e. The second-order valence-corrected chi connectivity index (χ2v) is 7.90. The van der Waals surface area contributed by atoms with Crippen LogP contribution in [0.3, 0.4) is 0 Å². The number of hydrogen-bond donors (Lipinski definition) is 0. The van der Waals surface area contributed by atoms with Crippen molar-refractivity contribution in [2.75, 3.05) is 0 Å².